The molecule has 0 aliphatic heterocycles. The highest BCUT2D eigenvalue weighted by Gasteiger charge is 2.38. The molecule has 26 heavy (non-hydrogen) atoms. The van der Waals surface area contributed by atoms with Gasteiger partial charge in [0.2, 0.25) is 9.84 Å². The number of carbonyl (C=O) groups is 1. The van der Waals surface area contributed by atoms with Crippen molar-refractivity contribution in [2.24, 2.45) is 0 Å². The minimum Gasteiger partial charge on any atom is -0.478 e. The summed E-state index contributed by atoms with van der Waals surface area (Å²) in [6, 6.07) is 3.75. The molecule has 0 aromatic heterocycles. The van der Waals surface area contributed by atoms with Crippen molar-refractivity contribution >= 4 is 15.8 Å². The van der Waals surface area contributed by atoms with E-state index in [-0.39, 0.29) is 21.3 Å². The van der Waals surface area contributed by atoms with Crippen LogP contribution in [0.5, 0.6) is 0 Å². The van der Waals surface area contributed by atoms with Crippen molar-refractivity contribution in [1.82, 2.24) is 0 Å². The van der Waals surface area contributed by atoms with Crippen LogP contribution in [-0.4, -0.2) is 19.5 Å². The number of sulfone groups is 1. The van der Waals surface area contributed by atoms with E-state index in [1.165, 1.54) is 12.5 Å². The monoisotopic (exact) mass is 374 g/mol. The lowest BCUT2D eigenvalue weighted by atomic mass is 9.63. The topological polar surface area (TPSA) is 71.4 Å². The van der Waals surface area contributed by atoms with E-state index in [2.05, 4.69) is 38.9 Å². The molecule has 2 rings (SSSR count). The van der Waals surface area contributed by atoms with Crippen LogP contribution in [0.2, 0.25) is 0 Å². The van der Waals surface area contributed by atoms with E-state index in [4.69, 9.17) is 5.11 Å². The number of benzene rings is 1. The molecular formula is C21H26O4S. The molecule has 1 N–H and O–H groups in total. The lowest BCUT2D eigenvalue weighted by molar-refractivity contribution is -0.131. The maximum atomic E-state index is 12.8. The first-order chi connectivity index (χ1) is 11.8. The van der Waals surface area contributed by atoms with E-state index >= 15 is 0 Å². The molecule has 0 heterocycles. The highest BCUT2D eigenvalue weighted by Crippen LogP contribution is 2.47. The molecular weight excluding hydrogens is 348 g/mol. The molecule has 0 saturated heterocycles. The van der Waals surface area contributed by atoms with Crippen molar-refractivity contribution in [3.05, 3.63) is 40.5 Å². The van der Waals surface area contributed by atoms with Crippen LogP contribution in [-0.2, 0) is 25.5 Å². The van der Waals surface area contributed by atoms with Crippen molar-refractivity contribution < 1.29 is 18.3 Å². The molecule has 140 valence electrons. The van der Waals surface area contributed by atoms with E-state index in [1.807, 2.05) is 6.07 Å². The van der Waals surface area contributed by atoms with Gasteiger partial charge in [-0.25, -0.2) is 13.2 Å². The van der Waals surface area contributed by atoms with E-state index in [0.717, 1.165) is 24.5 Å². The van der Waals surface area contributed by atoms with Crippen molar-refractivity contribution in [3.63, 3.8) is 0 Å². The largest absolute Gasteiger partial charge is 0.478 e. The molecule has 0 atom stereocenters. The Morgan fingerprint density at radius 1 is 1.12 bits per heavy atom. The molecule has 4 nitrogen and oxygen atoms in total. The average Bonchev–Trinajstić information content (AvgIpc) is 2.49. The predicted molar refractivity (Wildman–Crippen MR) is 103 cm³/mol. The van der Waals surface area contributed by atoms with Crippen LogP contribution in [0, 0.1) is 18.1 Å². The first-order valence-corrected chi connectivity index (χ1v) is 10.1. The Morgan fingerprint density at radius 2 is 1.62 bits per heavy atom. The number of fused-ring (bicyclic) bond motifs is 1. The Balaban J connectivity index is 2.62. The minimum atomic E-state index is -3.84. The van der Waals surface area contributed by atoms with Gasteiger partial charge in [0.15, 0.2) is 0 Å². The Kier molecular flexibility index (Phi) is 5.13. The van der Waals surface area contributed by atoms with Gasteiger partial charge in [-0.15, -0.1) is 0 Å². The fraction of sp³-hybridized carbons (Fsp3) is 0.476. The Hall–Kier alpha value is -2.06. The van der Waals surface area contributed by atoms with Crippen LogP contribution in [0.3, 0.4) is 0 Å². The lowest BCUT2D eigenvalue weighted by Gasteiger charge is -2.42. The van der Waals surface area contributed by atoms with Crippen LogP contribution in [0.25, 0.3) is 0 Å². The van der Waals surface area contributed by atoms with Crippen LogP contribution < -0.4 is 0 Å². The van der Waals surface area contributed by atoms with E-state index in [9.17, 15) is 13.2 Å². The van der Waals surface area contributed by atoms with E-state index < -0.39 is 15.8 Å². The van der Waals surface area contributed by atoms with Crippen LogP contribution in [0.15, 0.2) is 28.7 Å². The third kappa shape index (κ3) is 4.02. The quantitative estimate of drug-likeness (QED) is 0.480. The molecule has 0 spiro atoms. The number of aliphatic carboxylic acids is 1. The summed E-state index contributed by atoms with van der Waals surface area (Å²) in [7, 11) is -3.84. The maximum Gasteiger partial charge on any atom is 0.329 e. The molecule has 0 bridgehead atoms. The Labute approximate surface area is 156 Å². The van der Waals surface area contributed by atoms with Crippen molar-refractivity contribution in [1.29, 1.82) is 0 Å². The molecule has 0 amide bonds. The SMILES string of the molecule is C/C(C#CS(=O)(=O)c1cc2c(cc1C)C(C)(C)CCC2(C)C)=C\C(=O)O. The summed E-state index contributed by atoms with van der Waals surface area (Å²) < 4.78 is 25.5. The second-order valence-corrected chi connectivity index (χ2v) is 9.98. The first kappa shape index (κ1) is 20.3. The molecule has 0 radical (unpaired) electrons. The van der Waals surface area contributed by atoms with Gasteiger partial charge in [-0.3, -0.25) is 0 Å². The number of hydrogen-bond acceptors (Lipinski definition) is 3. The zero-order chi connectivity index (χ0) is 19.9. The summed E-state index contributed by atoms with van der Waals surface area (Å²) >= 11 is 0. The lowest BCUT2D eigenvalue weighted by Crippen LogP contribution is -2.34. The second-order valence-electron chi connectivity index (χ2n) is 8.33. The van der Waals surface area contributed by atoms with Gasteiger partial charge in [-0.05, 0) is 60.3 Å². The van der Waals surface area contributed by atoms with Gasteiger partial charge >= 0.3 is 5.97 Å². The smallest absolute Gasteiger partial charge is 0.329 e. The minimum absolute atomic E-state index is 0.00436. The summed E-state index contributed by atoms with van der Waals surface area (Å²) in [5.41, 5.74) is 3.01. The summed E-state index contributed by atoms with van der Waals surface area (Å²) in [4.78, 5) is 10.9. The third-order valence-electron chi connectivity index (χ3n) is 5.16. The van der Waals surface area contributed by atoms with Crippen molar-refractivity contribution in [2.45, 2.75) is 70.1 Å². The molecule has 1 aromatic carbocycles. The molecule has 0 fully saturated rings. The molecule has 0 saturated carbocycles. The number of carboxylic acids is 1. The average molecular weight is 375 g/mol. The number of carboxylic acid groups (broad SMARTS) is 1. The molecule has 5 heteroatoms. The van der Waals surface area contributed by atoms with Gasteiger partial charge in [0, 0.05) is 16.9 Å². The van der Waals surface area contributed by atoms with Crippen LogP contribution in [0.4, 0.5) is 0 Å². The van der Waals surface area contributed by atoms with E-state index in [1.54, 1.807) is 13.0 Å². The first-order valence-electron chi connectivity index (χ1n) is 8.61. The standard InChI is InChI=1S/C21H26O4S/c1-14(11-19(22)23)7-10-26(24,25)18-13-17-16(12-15(18)2)20(3,4)8-9-21(17,5)6/h11-13H,8-9H2,1-6H3,(H,22,23)/b14-11+. The predicted octanol–water partition coefficient (Wildman–Crippen LogP) is 4.11. The van der Waals surface area contributed by atoms with Crippen molar-refractivity contribution in [2.75, 3.05) is 0 Å². The number of aryl methyl sites for hydroxylation is 1. The highest BCUT2D eigenvalue weighted by molar-refractivity contribution is 7.96. The molecule has 1 aromatic rings. The Morgan fingerprint density at radius 3 is 2.12 bits per heavy atom. The van der Waals surface area contributed by atoms with Gasteiger partial charge in [-0.2, -0.15) is 0 Å². The van der Waals surface area contributed by atoms with Gasteiger partial charge in [0.25, 0.3) is 0 Å². The fourth-order valence-corrected chi connectivity index (χ4v) is 4.58. The summed E-state index contributed by atoms with van der Waals surface area (Å²) in [5, 5.41) is 11.0. The van der Waals surface area contributed by atoms with E-state index in [0.29, 0.717) is 5.56 Å². The van der Waals surface area contributed by atoms with Gasteiger partial charge < -0.3 is 5.11 Å². The van der Waals surface area contributed by atoms with Gasteiger partial charge in [0.05, 0.1) is 4.90 Å². The Bertz CT molecular complexity index is 952. The number of rotatable bonds is 2. The van der Waals surface area contributed by atoms with Crippen LogP contribution >= 0.6 is 0 Å². The number of hydrogen-bond donors (Lipinski definition) is 1. The van der Waals surface area contributed by atoms with Crippen LogP contribution in [0.1, 0.15) is 64.2 Å². The fourth-order valence-electron chi connectivity index (χ4n) is 3.42. The van der Waals surface area contributed by atoms with Gasteiger partial charge in [-0.1, -0.05) is 39.7 Å². The molecule has 1 aliphatic carbocycles. The highest BCUT2D eigenvalue weighted by atomic mass is 32.2. The second kappa shape index (κ2) is 6.59. The molecule has 0 unspecified atom stereocenters. The molecule has 1 aliphatic rings. The summed E-state index contributed by atoms with van der Waals surface area (Å²) in [6.45, 7) is 11.9. The third-order valence-corrected chi connectivity index (χ3v) is 6.55. The maximum absolute atomic E-state index is 12.8. The zero-order valence-electron chi connectivity index (χ0n) is 16.2. The number of allylic oxidation sites excluding steroid dienone is 1. The van der Waals surface area contributed by atoms with Crippen molar-refractivity contribution in [3.8, 4) is 11.2 Å². The summed E-state index contributed by atoms with van der Waals surface area (Å²) in [5.74, 6) is 1.29. The zero-order valence-corrected chi connectivity index (χ0v) is 17.0. The normalized spacial score (nSPS) is 18.5. The van der Waals surface area contributed by atoms with Gasteiger partial charge in [0.1, 0.15) is 0 Å². The summed E-state index contributed by atoms with van der Waals surface area (Å²) in [6.07, 6.45) is 2.94.